The van der Waals surface area contributed by atoms with Crippen molar-refractivity contribution in [3.63, 3.8) is 0 Å². The second kappa shape index (κ2) is 7.44. The van der Waals surface area contributed by atoms with Crippen LogP contribution in [0, 0.1) is 5.92 Å². The lowest BCUT2D eigenvalue weighted by molar-refractivity contribution is -0.137. The number of carbonyl (C=O) groups excluding carboxylic acids is 1. The molecule has 1 saturated carbocycles. The van der Waals surface area contributed by atoms with E-state index in [-0.39, 0.29) is 11.9 Å². The zero-order valence-electron chi connectivity index (χ0n) is 15.2. The number of nitrogens with zero attached hydrogens (tertiary/aromatic N) is 3. The highest BCUT2D eigenvalue weighted by molar-refractivity contribution is 5.89. The number of nitrogens with one attached hydrogen (secondary N) is 1. The average molecular weight is 394 g/mol. The van der Waals surface area contributed by atoms with Gasteiger partial charge in [0.05, 0.1) is 5.56 Å². The molecular weight excluding hydrogens is 373 g/mol. The van der Waals surface area contributed by atoms with E-state index >= 15 is 0 Å². The van der Waals surface area contributed by atoms with Gasteiger partial charge in [-0.25, -0.2) is 4.79 Å². The van der Waals surface area contributed by atoms with Crippen LogP contribution in [0.2, 0.25) is 0 Å². The van der Waals surface area contributed by atoms with Crippen LogP contribution in [0.3, 0.4) is 0 Å². The van der Waals surface area contributed by atoms with Crippen LogP contribution in [0.5, 0.6) is 0 Å². The molecule has 1 aliphatic carbocycles. The van der Waals surface area contributed by atoms with E-state index in [4.69, 9.17) is 4.52 Å². The van der Waals surface area contributed by atoms with Gasteiger partial charge in [-0.1, -0.05) is 5.16 Å². The van der Waals surface area contributed by atoms with Gasteiger partial charge in [0.1, 0.15) is 0 Å². The fourth-order valence-corrected chi connectivity index (χ4v) is 3.47. The summed E-state index contributed by atoms with van der Waals surface area (Å²) in [5.74, 6) is 2.05. The Kier molecular flexibility index (Phi) is 4.99. The molecule has 1 N–H and O–H groups in total. The Morgan fingerprint density at radius 1 is 1.21 bits per heavy atom. The van der Waals surface area contributed by atoms with Gasteiger partial charge < -0.3 is 14.7 Å². The summed E-state index contributed by atoms with van der Waals surface area (Å²) >= 11 is 0. The molecule has 150 valence electrons. The fourth-order valence-electron chi connectivity index (χ4n) is 3.47. The van der Waals surface area contributed by atoms with Crippen molar-refractivity contribution in [1.82, 2.24) is 15.0 Å². The van der Waals surface area contributed by atoms with Gasteiger partial charge in [0, 0.05) is 31.1 Å². The SMILES string of the molecule is O=C(Nc1ccc(C(F)(F)F)cc1)N1CCC[C@@H](Cc2nc(C3CC3)no2)C1. The molecule has 0 unspecified atom stereocenters. The van der Waals surface area contributed by atoms with Gasteiger partial charge in [-0.2, -0.15) is 18.2 Å². The Balaban J connectivity index is 1.32. The van der Waals surface area contributed by atoms with E-state index in [1.165, 1.54) is 12.1 Å². The number of urea groups is 1. The molecule has 2 fully saturated rings. The normalized spacial score (nSPS) is 20.2. The summed E-state index contributed by atoms with van der Waals surface area (Å²) in [5, 5.41) is 6.69. The molecule has 1 aromatic carbocycles. The molecule has 2 amide bonds. The van der Waals surface area contributed by atoms with Crippen molar-refractivity contribution in [3.8, 4) is 0 Å². The van der Waals surface area contributed by atoms with Gasteiger partial charge in [-0.15, -0.1) is 0 Å². The highest BCUT2D eigenvalue weighted by Gasteiger charge is 2.31. The summed E-state index contributed by atoms with van der Waals surface area (Å²) in [4.78, 5) is 18.6. The topological polar surface area (TPSA) is 71.3 Å². The maximum Gasteiger partial charge on any atom is 0.416 e. The summed E-state index contributed by atoms with van der Waals surface area (Å²) in [6.45, 7) is 1.16. The van der Waals surface area contributed by atoms with Gasteiger partial charge in [-0.05, 0) is 55.9 Å². The molecule has 1 atom stereocenters. The van der Waals surface area contributed by atoms with Crippen molar-refractivity contribution in [2.45, 2.75) is 44.2 Å². The minimum Gasteiger partial charge on any atom is -0.339 e. The molecule has 2 aromatic rings. The molecule has 28 heavy (non-hydrogen) atoms. The summed E-state index contributed by atoms with van der Waals surface area (Å²) in [6, 6.07) is 4.14. The number of halogens is 3. The highest BCUT2D eigenvalue weighted by Crippen LogP contribution is 2.38. The number of piperidine rings is 1. The molecule has 0 spiro atoms. The molecule has 4 rings (SSSR count). The first-order chi connectivity index (χ1) is 13.4. The third kappa shape index (κ3) is 4.45. The van der Waals surface area contributed by atoms with Gasteiger partial charge in [0.25, 0.3) is 0 Å². The van der Waals surface area contributed by atoms with Gasteiger partial charge >= 0.3 is 12.2 Å². The second-order valence-corrected chi connectivity index (χ2v) is 7.48. The van der Waals surface area contributed by atoms with Crippen LogP contribution in [-0.4, -0.2) is 34.2 Å². The Labute approximate surface area is 160 Å². The number of amides is 2. The van der Waals surface area contributed by atoms with Crippen LogP contribution in [0.1, 0.15) is 48.9 Å². The maximum atomic E-state index is 12.6. The van der Waals surface area contributed by atoms with E-state index in [9.17, 15) is 18.0 Å². The number of hydrogen-bond acceptors (Lipinski definition) is 4. The zero-order valence-corrected chi connectivity index (χ0v) is 15.2. The molecule has 6 nitrogen and oxygen atoms in total. The Morgan fingerprint density at radius 2 is 1.96 bits per heavy atom. The smallest absolute Gasteiger partial charge is 0.339 e. The van der Waals surface area contributed by atoms with Crippen molar-refractivity contribution < 1.29 is 22.5 Å². The molecule has 2 aliphatic rings. The molecule has 1 saturated heterocycles. The monoisotopic (exact) mass is 394 g/mol. The number of benzene rings is 1. The van der Waals surface area contributed by atoms with Crippen LogP contribution in [0.15, 0.2) is 28.8 Å². The summed E-state index contributed by atoms with van der Waals surface area (Å²) in [5.41, 5.74) is -0.403. The minimum atomic E-state index is -4.39. The zero-order chi connectivity index (χ0) is 19.7. The Bertz CT molecular complexity index is 830. The number of aromatic nitrogens is 2. The third-order valence-corrected chi connectivity index (χ3v) is 5.16. The van der Waals surface area contributed by atoms with E-state index in [2.05, 4.69) is 15.5 Å². The third-order valence-electron chi connectivity index (χ3n) is 5.16. The molecule has 1 aromatic heterocycles. The second-order valence-electron chi connectivity index (χ2n) is 7.48. The lowest BCUT2D eigenvalue weighted by atomic mass is 9.95. The van der Waals surface area contributed by atoms with E-state index in [0.717, 1.165) is 43.6 Å². The van der Waals surface area contributed by atoms with Crippen molar-refractivity contribution >= 4 is 11.7 Å². The molecule has 9 heteroatoms. The van der Waals surface area contributed by atoms with Crippen molar-refractivity contribution in [1.29, 1.82) is 0 Å². The van der Waals surface area contributed by atoms with Crippen LogP contribution < -0.4 is 5.32 Å². The first-order valence-corrected chi connectivity index (χ1v) is 9.44. The predicted octanol–water partition coefficient (Wildman–Crippen LogP) is 4.45. The van der Waals surface area contributed by atoms with E-state index in [1.807, 2.05) is 0 Å². The molecule has 2 heterocycles. The first-order valence-electron chi connectivity index (χ1n) is 9.44. The van der Waals surface area contributed by atoms with Crippen molar-refractivity contribution in [2.75, 3.05) is 18.4 Å². The number of rotatable bonds is 4. The van der Waals surface area contributed by atoms with Crippen molar-refractivity contribution in [2.24, 2.45) is 5.92 Å². The number of carbonyl (C=O) groups is 1. The standard InChI is InChI=1S/C19H21F3N4O2/c20-19(21,22)14-5-7-15(8-6-14)23-18(27)26-9-1-2-12(11-26)10-16-24-17(25-28-16)13-3-4-13/h5-8,12-13H,1-4,9-11H2,(H,23,27)/t12-/m0/s1. The minimum absolute atomic E-state index is 0.222. The number of alkyl halides is 3. The van der Waals surface area contributed by atoms with E-state index in [0.29, 0.717) is 37.0 Å². The van der Waals surface area contributed by atoms with Crippen LogP contribution in [0.25, 0.3) is 0 Å². The summed E-state index contributed by atoms with van der Waals surface area (Å²) in [7, 11) is 0. The largest absolute Gasteiger partial charge is 0.416 e. The molecule has 1 aliphatic heterocycles. The highest BCUT2D eigenvalue weighted by atomic mass is 19.4. The predicted molar refractivity (Wildman–Crippen MR) is 94.7 cm³/mol. The number of hydrogen-bond donors (Lipinski definition) is 1. The molecular formula is C19H21F3N4O2. The van der Waals surface area contributed by atoms with Crippen LogP contribution >= 0.6 is 0 Å². The quantitative estimate of drug-likeness (QED) is 0.832. The van der Waals surface area contributed by atoms with Gasteiger partial charge in [0.15, 0.2) is 5.82 Å². The van der Waals surface area contributed by atoms with E-state index < -0.39 is 11.7 Å². The van der Waals surface area contributed by atoms with Crippen LogP contribution in [-0.2, 0) is 12.6 Å². The fraction of sp³-hybridized carbons (Fsp3) is 0.526. The lowest BCUT2D eigenvalue weighted by Crippen LogP contribution is -2.42. The first kappa shape index (κ1) is 18.8. The molecule has 0 bridgehead atoms. The summed E-state index contributed by atoms with van der Waals surface area (Å²) < 4.78 is 43.2. The average Bonchev–Trinajstić information content (AvgIpc) is 3.41. The summed E-state index contributed by atoms with van der Waals surface area (Å²) in [6.07, 6.45) is 0.279. The van der Waals surface area contributed by atoms with Crippen molar-refractivity contribution in [3.05, 3.63) is 41.5 Å². The lowest BCUT2D eigenvalue weighted by Gasteiger charge is -2.32. The Hall–Kier alpha value is -2.58. The maximum absolute atomic E-state index is 12.6. The number of likely N-dealkylation sites (tertiary alicyclic amines) is 1. The van der Waals surface area contributed by atoms with Crippen LogP contribution in [0.4, 0.5) is 23.7 Å². The Morgan fingerprint density at radius 3 is 2.64 bits per heavy atom. The molecule has 0 radical (unpaired) electrons. The number of anilines is 1. The van der Waals surface area contributed by atoms with Gasteiger partial charge in [-0.3, -0.25) is 0 Å². The van der Waals surface area contributed by atoms with Gasteiger partial charge in [0.2, 0.25) is 5.89 Å². The van der Waals surface area contributed by atoms with E-state index in [1.54, 1.807) is 4.90 Å².